The molecule has 0 aliphatic rings. The molecule has 0 radical (unpaired) electrons. The molecule has 0 unspecified atom stereocenters. The summed E-state index contributed by atoms with van der Waals surface area (Å²) in [5.74, 6) is -1.63. The minimum Gasteiger partial charge on any atom is -0.211 e. The molecule has 0 spiro atoms. The van der Waals surface area contributed by atoms with Crippen LogP contribution >= 0.6 is 15.9 Å². The van der Waals surface area contributed by atoms with Gasteiger partial charge >= 0.3 is 0 Å². The van der Waals surface area contributed by atoms with Gasteiger partial charge in [-0.2, -0.15) is 4.99 Å². The third-order valence-corrected chi connectivity index (χ3v) is 1.76. The highest BCUT2D eigenvalue weighted by Crippen LogP contribution is 2.25. The number of benzene rings is 1. The molecule has 0 aromatic heterocycles. The first kappa shape index (κ1) is 9.03. The van der Waals surface area contributed by atoms with Crippen molar-refractivity contribution in [2.75, 3.05) is 0 Å². The minimum atomic E-state index is -0.890. The van der Waals surface area contributed by atoms with Crippen molar-refractivity contribution in [2.45, 2.75) is 0 Å². The van der Waals surface area contributed by atoms with E-state index in [4.69, 9.17) is 0 Å². The van der Waals surface area contributed by atoms with Crippen LogP contribution in [0.15, 0.2) is 21.6 Å². The van der Waals surface area contributed by atoms with Gasteiger partial charge in [0.15, 0.2) is 5.82 Å². The topological polar surface area (TPSA) is 29.4 Å². The Morgan fingerprint density at radius 1 is 1.33 bits per heavy atom. The molecule has 0 saturated heterocycles. The molecule has 0 aliphatic heterocycles. The summed E-state index contributed by atoms with van der Waals surface area (Å²) in [5.41, 5.74) is -0.238. The second-order valence-electron chi connectivity index (χ2n) is 1.92. The van der Waals surface area contributed by atoms with Crippen molar-refractivity contribution in [1.29, 1.82) is 0 Å². The quantitative estimate of drug-likeness (QED) is 0.417. The van der Waals surface area contributed by atoms with E-state index < -0.39 is 11.6 Å². The largest absolute Gasteiger partial charge is 0.240 e. The first-order chi connectivity index (χ1) is 5.65. The van der Waals surface area contributed by atoms with Crippen molar-refractivity contribution >= 4 is 27.7 Å². The van der Waals surface area contributed by atoms with Crippen LogP contribution in [0.5, 0.6) is 0 Å². The van der Waals surface area contributed by atoms with Crippen LogP contribution in [-0.4, -0.2) is 6.08 Å². The molecule has 0 N–H and O–H groups in total. The molecule has 0 saturated carbocycles. The van der Waals surface area contributed by atoms with Gasteiger partial charge < -0.3 is 0 Å². The lowest BCUT2D eigenvalue weighted by Crippen LogP contribution is -1.81. The summed E-state index contributed by atoms with van der Waals surface area (Å²) in [6, 6.07) is 1.70. The van der Waals surface area contributed by atoms with Crippen molar-refractivity contribution in [3.8, 4) is 0 Å². The number of halogens is 3. The first-order valence-electron chi connectivity index (χ1n) is 2.87. The van der Waals surface area contributed by atoms with Crippen molar-refractivity contribution in [3.05, 3.63) is 28.2 Å². The van der Waals surface area contributed by atoms with E-state index in [9.17, 15) is 13.6 Å². The standard InChI is InChI=1S/C7H2BrF2NO/c8-4-1-7(11-3-12)6(10)2-5(4)9/h1-2H. The molecular weight excluding hydrogens is 232 g/mol. The Hall–Kier alpha value is -1.06. The van der Waals surface area contributed by atoms with Crippen molar-refractivity contribution in [3.63, 3.8) is 0 Å². The van der Waals surface area contributed by atoms with Crippen LogP contribution in [0.3, 0.4) is 0 Å². The van der Waals surface area contributed by atoms with Gasteiger partial charge in [-0.1, -0.05) is 0 Å². The lowest BCUT2D eigenvalue weighted by molar-refractivity contribution is 0.562. The van der Waals surface area contributed by atoms with Gasteiger partial charge in [0.05, 0.1) is 4.47 Å². The lowest BCUT2D eigenvalue weighted by Gasteiger charge is -1.96. The van der Waals surface area contributed by atoms with Crippen LogP contribution < -0.4 is 0 Å². The number of hydrogen-bond donors (Lipinski definition) is 0. The molecule has 2 nitrogen and oxygen atoms in total. The van der Waals surface area contributed by atoms with Gasteiger partial charge in [0, 0.05) is 6.07 Å². The number of carbonyl (C=O) groups excluding carboxylic acids is 1. The molecule has 0 aliphatic carbocycles. The van der Waals surface area contributed by atoms with Crippen LogP contribution in [0.1, 0.15) is 0 Å². The number of rotatable bonds is 1. The zero-order valence-electron chi connectivity index (χ0n) is 5.64. The third kappa shape index (κ3) is 1.75. The second-order valence-corrected chi connectivity index (χ2v) is 2.78. The van der Waals surface area contributed by atoms with E-state index in [2.05, 4.69) is 20.9 Å². The van der Waals surface area contributed by atoms with Gasteiger partial charge in [0.25, 0.3) is 0 Å². The maximum Gasteiger partial charge on any atom is 0.240 e. The van der Waals surface area contributed by atoms with E-state index in [1.165, 1.54) is 0 Å². The third-order valence-electron chi connectivity index (χ3n) is 1.16. The molecule has 1 aromatic rings. The first-order valence-corrected chi connectivity index (χ1v) is 3.67. The van der Waals surface area contributed by atoms with Gasteiger partial charge in [-0.15, -0.1) is 0 Å². The Bertz CT molecular complexity index is 361. The predicted molar refractivity (Wildman–Crippen MR) is 41.8 cm³/mol. The lowest BCUT2D eigenvalue weighted by atomic mass is 10.3. The fourth-order valence-corrected chi connectivity index (χ4v) is 0.978. The maximum absolute atomic E-state index is 12.7. The van der Waals surface area contributed by atoms with E-state index in [0.29, 0.717) is 6.07 Å². The molecule has 5 heteroatoms. The van der Waals surface area contributed by atoms with Crippen LogP contribution in [0.2, 0.25) is 0 Å². The Labute approximate surface area is 75.1 Å². The number of isocyanates is 1. The highest BCUT2D eigenvalue weighted by Gasteiger charge is 2.06. The van der Waals surface area contributed by atoms with Crippen LogP contribution in [-0.2, 0) is 4.79 Å². The average molecular weight is 234 g/mol. The van der Waals surface area contributed by atoms with Crippen molar-refractivity contribution in [2.24, 2.45) is 4.99 Å². The SMILES string of the molecule is O=C=Nc1cc(Br)c(F)cc1F. The summed E-state index contributed by atoms with van der Waals surface area (Å²) >= 11 is 2.82. The van der Waals surface area contributed by atoms with E-state index in [0.717, 1.165) is 12.1 Å². The molecule has 1 rings (SSSR count). The number of aliphatic imine (C=N–C) groups is 1. The molecule has 1 aromatic carbocycles. The molecule has 12 heavy (non-hydrogen) atoms. The second kappa shape index (κ2) is 3.56. The highest BCUT2D eigenvalue weighted by molar-refractivity contribution is 9.10. The molecule has 0 heterocycles. The Kier molecular flexibility index (Phi) is 2.68. The normalized spacial score (nSPS) is 9.25. The van der Waals surface area contributed by atoms with Gasteiger partial charge in [-0.05, 0) is 22.0 Å². The summed E-state index contributed by atoms with van der Waals surface area (Å²) in [7, 11) is 0. The summed E-state index contributed by atoms with van der Waals surface area (Å²) in [5, 5.41) is 0. The van der Waals surface area contributed by atoms with E-state index in [-0.39, 0.29) is 10.2 Å². The predicted octanol–water partition coefficient (Wildman–Crippen LogP) is 2.69. The highest BCUT2D eigenvalue weighted by atomic mass is 79.9. The summed E-state index contributed by atoms with van der Waals surface area (Å²) < 4.78 is 25.3. The Morgan fingerprint density at radius 3 is 2.58 bits per heavy atom. The fourth-order valence-electron chi connectivity index (χ4n) is 0.647. The zero-order valence-corrected chi connectivity index (χ0v) is 7.23. The van der Waals surface area contributed by atoms with E-state index in [1.54, 1.807) is 0 Å². The summed E-state index contributed by atoms with van der Waals surface area (Å²) in [6.45, 7) is 0. The van der Waals surface area contributed by atoms with E-state index >= 15 is 0 Å². The summed E-state index contributed by atoms with van der Waals surface area (Å²) in [4.78, 5) is 12.8. The molecule has 62 valence electrons. The van der Waals surface area contributed by atoms with Gasteiger partial charge in [-0.25, -0.2) is 13.6 Å². The maximum atomic E-state index is 12.7. The molecular formula is C7H2BrF2NO. The molecule has 0 fully saturated rings. The van der Waals surface area contributed by atoms with Gasteiger partial charge in [0.1, 0.15) is 11.5 Å². The van der Waals surface area contributed by atoms with Crippen molar-refractivity contribution < 1.29 is 13.6 Å². The molecule has 0 bridgehead atoms. The summed E-state index contributed by atoms with van der Waals surface area (Å²) in [6.07, 6.45) is 1.16. The van der Waals surface area contributed by atoms with Gasteiger partial charge in [-0.3, -0.25) is 0 Å². The smallest absolute Gasteiger partial charge is 0.211 e. The van der Waals surface area contributed by atoms with Crippen LogP contribution in [0.4, 0.5) is 14.5 Å². The number of hydrogen-bond acceptors (Lipinski definition) is 2. The van der Waals surface area contributed by atoms with Crippen LogP contribution in [0.25, 0.3) is 0 Å². The average Bonchev–Trinajstić information content (AvgIpc) is 2.01. The monoisotopic (exact) mass is 233 g/mol. The molecule has 0 amide bonds. The molecule has 0 atom stereocenters. The Morgan fingerprint density at radius 2 is 2.00 bits per heavy atom. The van der Waals surface area contributed by atoms with Gasteiger partial charge in [0.2, 0.25) is 6.08 Å². The van der Waals surface area contributed by atoms with Crippen molar-refractivity contribution in [1.82, 2.24) is 0 Å². The fraction of sp³-hybridized carbons (Fsp3) is 0. The number of nitrogens with zero attached hydrogens (tertiary/aromatic N) is 1. The zero-order chi connectivity index (χ0) is 9.14. The minimum absolute atomic E-state index is 0.0536. The Balaban J connectivity index is 3.32. The van der Waals surface area contributed by atoms with E-state index in [1.807, 2.05) is 0 Å². The van der Waals surface area contributed by atoms with Crippen LogP contribution in [0, 0.1) is 11.6 Å².